The summed E-state index contributed by atoms with van der Waals surface area (Å²) < 4.78 is 39.7. The van der Waals surface area contributed by atoms with Crippen molar-refractivity contribution >= 4 is 21.8 Å². The molecule has 2 rings (SSSR count). The highest BCUT2D eigenvalue weighted by Gasteiger charge is 2.33. The zero-order valence-corrected chi connectivity index (χ0v) is 16.4. The van der Waals surface area contributed by atoms with Gasteiger partial charge in [0.15, 0.2) is 0 Å². The lowest BCUT2D eigenvalue weighted by molar-refractivity contribution is -0.126. The average Bonchev–Trinajstić information content (AvgIpc) is 2.68. The number of amides is 2. The van der Waals surface area contributed by atoms with E-state index >= 15 is 0 Å². The first kappa shape index (κ1) is 22.3. The van der Waals surface area contributed by atoms with Crippen molar-refractivity contribution in [2.75, 3.05) is 32.8 Å². The average molecular weight is 415 g/mol. The van der Waals surface area contributed by atoms with Crippen LogP contribution in [0.3, 0.4) is 0 Å². The number of aliphatic hydroxyl groups excluding tert-OH is 1. The minimum atomic E-state index is -3.79. The predicted octanol–water partition coefficient (Wildman–Crippen LogP) is 0.231. The van der Waals surface area contributed by atoms with Crippen LogP contribution in [0.1, 0.15) is 25.7 Å². The Bertz CT molecular complexity index is 770. The maximum absolute atomic E-state index is 13.0. The lowest BCUT2D eigenvalue weighted by Gasteiger charge is -2.31. The molecule has 1 unspecified atom stereocenters. The van der Waals surface area contributed by atoms with Gasteiger partial charge < -0.3 is 15.7 Å². The molecule has 0 aromatic heterocycles. The summed E-state index contributed by atoms with van der Waals surface area (Å²) in [6, 6.07) is 4.60. The van der Waals surface area contributed by atoms with E-state index in [2.05, 4.69) is 10.6 Å². The third-order valence-electron chi connectivity index (χ3n) is 4.51. The summed E-state index contributed by atoms with van der Waals surface area (Å²) in [5.74, 6) is -1.53. The van der Waals surface area contributed by atoms with Gasteiger partial charge in [-0.2, -0.15) is 4.31 Å². The number of rotatable bonds is 9. The summed E-state index contributed by atoms with van der Waals surface area (Å²) in [5, 5.41) is 14.0. The van der Waals surface area contributed by atoms with Crippen LogP contribution in [0.5, 0.6) is 0 Å². The standard InChI is InChI=1S/C18H26FN3O5S/c19-15-4-6-16(7-5-15)28(26,27)22-11-1-3-14(13-22)18(25)21-10-8-17(24)20-9-2-12-23/h4-7,14,23H,1-3,8-13H2,(H,20,24)(H,21,25). The van der Waals surface area contributed by atoms with E-state index in [1.165, 1.54) is 16.4 Å². The van der Waals surface area contributed by atoms with E-state index in [0.29, 0.717) is 32.4 Å². The number of carbonyl (C=O) groups excluding carboxylic acids is 2. The SMILES string of the molecule is O=C(CCNC(=O)C1CCCN(S(=O)(=O)c2ccc(F)cc2)C1)NCCCO. The first-order chi connectivity index (χ1) is 13.3. The molecular weight excluding hydrogens is 389 g/mol. The highest BCUT2D eigenvalue weighted by atomic mass is 32.2. The largest absolute Gasteiger partial charge is 0.396 e. The van der Waals surface area contributed by atoms with Gasteiger partial charge in [0.25, 0.3) is 0 Å². The molecule has 1 atom stereocenters. The zero-order chi connectivity index (χ0) is 20.6. The molecule has 1 aromatic carbocycles. The van der Waals surface area contributed by atoms with Crippen molar-refractivity contribution in [2.24, 2.45) is 5.92 Å². The van der Waals surface area contributed by atoms with Crippen LogP contribution in [0, 0.1) is 11.7 Å². The van der Waals surface area contributed by atoms with Gasteiger partial charge in [-0.1, -0.05) is 0 Å². The zero-order valence-electron chi connectivity index (χ0n) is 15.6. The maximum atomic E-state index is 13.0. The molecule has 156 valence electrons. The second-order valence-electron chi connectivity index (χ2n) is 6.62. The smallest absolute Gasteiger partial charge is 0.243 e. The van der Waals surface area contributed by atoms with Crippen molar-refractivity contribution in [1.29, 1.82) is 0 Å². The molecule has 1 aliphatic rings. The highest BCUT2D eigenvalue weighted by molar-refractivity contribution is 7.89. The maximum Gasteiger partial charge on any atom is 0.243 e. The number of sulfonamides is 1. The molecule has 1 aliphatic heterocycles. The number of aliphatic hydroxyl groups is 1. The fraction of sp³-hybridized carbons (Fsp3) is 0.556. The second-order valence-corrected chi connectivity index (χ2v) is 8.56. The van der Waals surface area contributed by atoms with Crippen molar-refractivity contribution < 1.29 is 27.5 Å². The molecule has 8 nitrogen and oxygen atoms in total. The Hall–Kier alpha value is -2.04. The molecule has 3 N–H and O–H groups in total. The van der Waals surface area contributed by atoms with E-state index in [0.717, 1.165) is 12.1 Å². The van der Waals surface area contributed by atoms with Crippen LogP contribution in [0.2, 0.25) is 0 Å². The van der Waals surface area contributed by atoms with E-state index < -0.39 is 21.8 Å². The van der Waals surface area contributed by atoms with Crippen LogP contribution in [0.25, 0.3) is 0 Å². The predicted molar refractivity (Wildman–Crippen MR) is 100 cm³/mol. The van der Waals surface area contributed by atoms with Crippen molar-refractivity contribution in [3.05, 3.63) is 30.1 Å². The Labute approximate surface area is 164 Å². The molecule has 1 saturated heterocycles. The van der Waals surface area contributed by atoms with Crippen LogP contribution in [-0.2, 0) is 19.6 Å². The minimum absolute atomic E-state index is 0.00394. The molecule has 0 aliphatic carbocycles. The van der Waals surface area contributed by atoms with Crippen molar-refractivity contribution in [3.8, 4) is 0 Å². The summed E-state index contributed by atoms with van der Waals surface area (Å²) >= 11 is 0. The number of hydrogen-bond acceptors (Lipinski definition) is 5. The summed E-state index contributed by atoms with van der Waals surface area (Å²) in [5.41, 5.74) is 0. The fourth-order valence-electron chi connectivity index (χ4n) is 2.97. The summed E-state index contributed by atoms with van der Waals surface area (Å²) in [6.45, 7) is 0.883. The number of carbonyl (C=O) groups is 2. The van der Waals surface area contributed by atoms with Gasteiger partial charge in [0.2, 0.25) is 21.8 Å². The quantitative estimate of drug-likeness (QED) is 0.500. The number of halogens is 1. The van der Waals surface area contributed by atoms with Crippen molar-refractivity contribution in [3.63, 3.8) is 0 Å². The van der Waals surface area contributed by atoms with Gasteiger partial charge in [-0.15, -0.1) is 0 Å². The van der Waals surface area contributed by atoms with Crippen LogP contribution in [0.4, 0.5) is 4.39 Å². The monoisotopic (exact) mass is 415 g/mol. The molecule has 10 heteroatoms. The van der Waals surface area contributed by atoms with Crippen molar-refractivity contribution in [1.82, 2.24) is 14.9 Å². The molecular formula is C18H26FN3O5S. The number of nitrogens with zero attached hydrogens (tertiary/aromatic N) is 1. The van der Waals surface area contributed by atoms with E-state index in [-0.39, 0.29) is 42.8 Å². The lowest BCUT2D eigenvalue weighted by Crippen LogP contribution is -2.45. The molecule has 2 amide bonds. The molecule has 1 aromatic rings. The second kappa shape index (κ2) is 10.5. The van der Waals surface area contributed by atoms with E-state index in [9.17, 15) is 22.4 Å². The Morgan fingerprint density at radius 2 is 1.89 bits per heavy atom. The van der Waals surface area contributed by atoms with E-state index in [4.69, 9.17) is 5.11 Å². The summed E-state index contributed by atoms with van der Waals surface area (Å²) in [7, 11) is -3.79. The molecule has 1 heterocycles. The number of nitrogens with one attached hydrogen (secondary N) is 2. The Balaban J connectivity index is 1.85. The molecule has 28 heavy (non-hydrogen) atoms. The minimum Gasteiger partial charge on any atom is -0.396 e. The van der Waals surface area contributed by atoms with E-state index in [1.54, 1.807) is 0 Å². The summed E-state index contributed by atoms with van der Waals surface area (Å²) in [4.78, 5) is 23.9. The van der Waals surface area contributed by atoms with Crippen LogP contribution < -0.4 is 10.6 Å². The number of benzene rings is 1. The van der Waals surface area contributed by atoms with Crippen LogP contribution in [0.15, 0.2) is 29.2 Å². The summed E-state index contributed by atoms with van der Waals surface area (Å²) in [6.07, 6.45) is 1.68. The van der Waals surface area contributed by atoms with Gasteiger partial charge in [0.05, 0.1) is 10.8 Å². The van der Waals surface area contributed by atoms with Gasteiger partial charge in [-0.3, -0.25) is 9.59 Å². The van der Waals surface area contributed by atoms with Gasteiger partial charge in [0, 0.05) is 39.2 Å². The third kappa shape index (κ3) is 6.25. The number of piperidine rings is 1. The lowest BCUT2D eigenvalue weighted by atomic mass is 9.99. The van der Waals surface area contributed by atoms with Gasteiger partial charge in [-0.25, -0.2) is 12.8 Å². The highest BCUT2D eigenvalue weighted by Crippen LogP contribution is 2.24. The normalized spacial score (nSPS) is 17.9. The van der Waals surface area contributed by atoms with Crippen LogP contribution >= 0.6 is 0 Å². The van der Waals surface area contributed by atoms with Gasteiger partial charge >= 0.3 is 0 Å². The molecule has 1 fully saturated rings. The molecule has 0 spiro atoms. The fourth-order valence-corrected chi connectivity index (χ4v) is 4.49. The van der Waals surface area contributed by atoms with Crippen molar-refractivity contribution in [2.45, 2.75) is 30.6 Å². The topological polar surface area (TPSA) is 116 Å². The number of hydrogen-bond donors (Lipinski definition) is 3. The molecule has 0 bridgehead atoms. The molecule has 0 saturated carbocycles. The van der Waals surface area contributed by atoms with Gasteiger partial charge in [-0.05, 0) is 43.5 Å². The third-order valence-corrected chi connectivity index (χ3v) is 6.39. The van der Waals surface area contributed by atoms with E-state index in [1.807, 2.05) is 0 Å². The molecule has 0 radical (unpaired) electrons. The van der Waals surface area contributed by atoms with Gasteiger partial charge in [0.1, 0.15) is 5.82 Å². The Morgan fingerprint density at radius 3 is 2.57 bits per heavy atom. The Kier molecular flexibility index (Phi) is 8.34. The first-order valence-electron chi connectivity index (χ1n) is 9.25. The van der Waals surface area contributed by atoms with Crippen LogP contribution in [-0.4, -0.2) is 62.4 Å². The Morgan fingerprint density at radius 1 is 1.18 bits per heavy atom. The first-order valence-corrected chi connectivity index (χ1v) is 10.7.